The van der Waals surface area contributed by atoms with Gasteiger partial charge in [0.2, 0.25) is 0 Å². The predicted molar refractivity (Wildman–Crippen MR) is 67.0 cm³/mol. The molecule has 1 saturated carbocycles. The molecule has 0 bridgehead atoms. The van der Waals surface area contributed by atoms with E-state index in [1.165, 1.54) is 0 Å². The second-order valence-electron chi connectivity index (χ2n) is 6.02. The van der Waals surface area contributed by atoms with Gasteiger partial charge in [-0.15, -0.1) is 0 Å². The molecule has 2 fully saturated rings. The van der Waals surface area contributed by atoms with Crippen molar-refractivity contribution in [2.24, 2.45) is 0 Å². The minimum absolute atomic E-state index is 0.173. The van der Waals surface area contributed by atoms with Crippen LogP contribution in [0.5, 0.6) is 0 Å². The number of carbonyl (C=O) groups is 1. The minimum atomic E-state index is -0.430. The summed E-state index contributed by atoms with van der Waals surface area (Å²) in [6.07, 6.45) is 3.80. The van der Waals surface area contributed by atoms with Gasteiger partial charge in [0.05, 0.1) is 0 Å². The summed E-state index contributed by atoms with van der Waals surface area (Å²) in [7, 11) is 0. The van der Waals surface area contributed by atoms with E-state index >= 15 is 0 Å². The van der Waals surface area contributed by atoms with Crippen molar-refractivity contribution in [3.8, 4) is 0 Å². The summed E-state index contributed by atoms with van der Waals surface area (Å²) in [4.78, 5) is 14.2. The van der Waals surface area contributed by atoms with Crippen molar-refractivity contribution in [1.29, 1.82) is 0 Å². The second-order valence-corrected chi connectivity index (χ2v) is 6.02. The average molecular weight is 241 g/mol. The molecule has 1 aliphatic heterocycles. The van der Waals surface area contributed by atoms with Crippen LogP contribution in [0.25, 0.3) is 0 Å². The Morgan fingerprint density at radius 1 is 1.24 bits per heavy atom. The van der Waals surface area contributed by atoms with E-state index in [4.69, 9.17) is 6.15 Å². The highest BCUT2D eigenvalue weighted by atomic mass is 16.6. The monoisotopic (exact) mass is 241 g/mol. The Kier molecular flexibility index (Phi) is 3.23. The first kappa shape index (κ1) is 11.3. The van der Waals surface area contributed by atoms with Gasteiger partial charge in [0.1, 0.15) is 7.01 Å². The van der Waals surface area contributed by atoms with Crippen LogP contribution >= 0.6 is 0 Å². The summed E-state index contributed by atoms with van der Waals surface area (Å²) >= 11 is 0. The van der Waals surface area contributed by atoms with Crippen molar-refractivity contribution in [3.05, 3.63) is 0 Å². The lowest BCUT2D eigenvalue weighted by molar-refractivity contribution is 0.0107. The Hall–Kier alpha value is -0.770. The van der Waals surface area contributed by atoms with Crippen molar-refractivity contribution in [3.63, 3.8) is 0 Å². The van der Waals surface area contributed by atoms with E-state index in [0.29, 0.717) is 6.04 Å². The van der Waals surface area contributed by atoms with E-state index < -0.39 is 5.60 Å². The Bertz CT molecular complexity index is 305. The SMILES string of the molecule is [2H]N1CCC(N(C(=O)OC(C)(C)C)C2CC2)CC1. The van der Waals surface area contributed by atoms with Gasteiger partial charge in [-0.05, 0) is 59.5 Å². The van der Waals surface area contributed by atoms with E-state index in [0.717, 1.165) is 38.8 Å². The number of hydrogen-bond donors (Lipinski definition) is 1. The van der Waals surface area contributed by atoms with Crippen LogP contribution in [0, 0.1) is 0 Å². The maximum Gasteiger partial charge on any atom is 0.410 e. The summed E-state index contributed by atoms with van der Waals surface area (Å²) in [5, 5.41) is 1.58. The van der Waals surface area contributed by atoms with Gasteiger partial charge < -0.3 is 14.9 Å². The fraction of sp³-hybridized carbons (Fsp3) is 0.923. The molecule has 0 spiro atoms. The average Bonchev–Trinajstić information content (AvgIpc) is 3.03. The second kappa shape index (κ2) is 4.84. The number of hydrogen-bond acceptors (Lipinski definition) is 3. The molecule has 0 aromatic rings. The number of nitrogens with one attached hydrogen (secondary N) is 1. The summed E-state index contributed by atoms with van der Waals surface area (Å²) < 4.78 is 13.1. The highest BCUT2D eigenvalue weighted by Gasteiger charge is 2.39. The molecule has 1 aliphatic carbocycles. The normalized spacial score (nSPS) is 24.3. The van der Waals surface area contributed by atoms with E-state index in [2.05, 4.69) is 0 Å². The van der Waals surface area contributed by atoms with Crippen molar-refractivity contribution in [1.82, 2.24) is 10.2 Å². The van der Waals surface area contributed by atoms with E-state index in [9.17, 15) is 4.79 Å². The molecule has 2 rings (SSSR count). The molecule has 0 aromatic carbocycles. The molecule has 98 valence electrons. The zero-order valence-corrected chi connectivity index (χ0v) is 11.1. The molecule has 1 N–H and O–H groups in total. The minimum Gasteiger partial charge on any atom is -0.444 e. The number of rotatable bonds is 2. The molecule has 4 heteroatoms. The van der Waals surface area contributed by atoms with Gasteiger partial charge in [-0.2, -0.15) is 0 Å². The molecule has 0 radical (unpaired) electrons. The van der Waals surface area contributed by atoms with E-state index in [-0.39, 0.29) is 12.1 Å². The van der Waals surface area contributed by atoms with Crippen LogP contribution in [0.3, 0.4) is 0 Å². The third-order valence-electron chi connectivity index (χ3n) is 3.18. The maximum atomic E-state index is 12.3. The first-order valence-electron chi connectivity index (χ1n) is 7.07. The molecule has 1 saturated heterocycles. The molecular weight excluding hydrogens is 216 g/mol. The lowest BCUT2D eigenvalue weighted by Gasteiger charge is -2.36. The zero-order valence-electron chi connectivity index (χ0n) is 12.1. The molecule has 1 amide bonds. The molecule has 0 unspecified atom stereocenters. The first-order chi connectivity index (χ1) is 8.37. The summed E-state index contributed by atoms with van der Waals surface area (Å²) in [6, 6.07) is 0.635. The van der Waals surface area contributed by atoms with Gasteiger partial charge >= 0.3 is 6.09 Å². The van der Waals surface area contributed by atoms with Crippen LogP contribution in [0.15, 0.2) is 0 Å². The highest BCUT2D eigenvalue weighted by Crippen LogP contribution is 2.32. The number of carbonyl (C=O) groups excluding carboxylic acids is 1. The quantitative estimate of drug-likeness (QED) is 0.805. The zero-order chi connectivity index (χ0) is 13.3. The lowest BCUT2D eigenvalue weighted by Crippen LogP contribution is -2.48. The summed E-state index contributed by atoms with van der Waals surface area (Å²) in [5.74, 6) is 0. The predicted octanol–water partition coefficient (Wildman–Crippen LogP) is 2.14. The smallest absolute Gasteiger partial charge is 0.410 e. The first-order valence-corrected chi connectivity index (χ1v) is 6.62. The van der Waals surface area contributed by atoms with Gasteiger partial charge in [-0.3, -0.25) is 0 Å². The third-order valence-corrected chi connectivity index (χ3v) is 3.18. The van der Waals surface area contributed by atoms with Crippen LogP contribution in [-0.4, -0.2) is 41.8 Å². The van der Waals surface area contributed by atoms with Crippen LogP contribution in [0.2, 0.25) is 1.41 Å². The van der Waals surface area contributed by atoms with Crippen LogP contribution in [0.4, 0.5) is 4.79 Å². The van der Waals surface area contributed by atoms with E-state index in [1.807, 2.05) is 25.7 Å². The highest BCUT2D eigenvalue weighted by molar-refractivity contribution is 5.69. The molecule has 0 atom stereocenters. The van der Waals surface area contributed by atoms with Crippen molar-refractivity contribution < 1.29 is 10.9 Å². The van der Waals surface area contributed by atoms with Crippen LogP contribution < -0.4 is 5.31 Å². The Morgan fingerprint density at radius 2 is 1.76 bits per heavy atom. The summed E-state index contributed by atoms with van der Waals surface area (Å²) in [5.41, 5.74) is -0.430. The third kappa shape index (κ3) is 3.60. The topological polar surface area (TPSA) is 41.6 Å². The number of nitrogens with zero attached hydrogens (tertiary/aromatic N) is 1. The molecule has 17 heavy (non-hydrogen) atoms. The number of piperidine rings is 1. The molecule has 2 aliphatic rings. The fourth-order valence-corrected chi connectivity index (χ4v) is 2.28. The Balaban J connectivity index is 1.97. The lowest BCUT2D eigenvalue weighted by atomic mass is 10.1. The van der Waals surface area contributed by atoms with Gasteiger partial charge in [-0.25, -0.2) is 4.79 Å². The molecule has 0 aromatic heterocycles. The van der Waals surface area contributed by atoms with Crippen molar-refractivity contribution in [2.75, 3.05) is 13.1 Å². The maximum absolute atomic E-state index is 12.3. The molecular formula is C13H24N2O2. The summed E-state index contributed by atoms with van der Waals surface area (Å²) in [6.45, 7) is 7.21. The van der Waals surface area contributed by atoms with Crippen LogP contribution in [-0.2, 0) is 4.74 Å². The van der Waals surface area contributed by atoms with Gasteiger partial charge in [-0.1, -0.05) is 0 Å². The Labute approximate surface area is 105 Å². The standard InChI is InChI=1S/C13H24N2O2/c1-13(2,3)17-12(16)15(10-4-5-10)11-6-8-14-9-7-11/h10-11,14H,4-9H2,1-3H3/i/hD. The molecule has 1 heterocycles. The van der Waals surface area contributed by atoms with Gasteiger partial charge in [0.15, 0.2) is 0 Å². The fourth-order valence-electron chi connectivity index (χ4n) is 2.28. The largest absolute Gasteiger partial charge is 0.444 e. The number of amides is 1. The van der Waals surface area contributed by atoms with Crippen molar-refractivity contribution in [2.45, 2.75) is 64.1 Å². The van der Waals surface area contributed by atoms with E-state index in [1.54, 1.807) is 5.31 Å². The number of ether oxygens (including phenoxy) is 1. The van der Waals surface area contributed by atoms with Crippen LogP contribution in [0.1, 0.15) is 46.5 Å². The Morgan fingerprint density at radius 3 is 2.24 bits per heavy atom. The molecule has 4 nitrogen and oxygen atoms in total. The van der Waals surface area contributed by atoms with Crippen molar-refractivity contribution >= 4 is 6.09 Å². The van der Waals surface area contributed by atoms with Gasteiger partial charge in [0, 0.05) is 12.1 Å². The van der Waals surface area contributed by atoms with Gasteiger partial charge in [0.25, 0.3) is 0 Å².